The van der Waals surface area contributed by atoms with Crippen LogP contribution in [0.1, 0.15) is 5.56 Å². The molecule has 0 aliphatic heterocycles. The fourth-order valence-electron chi connectivity index (χ4n) is 0.870. The topological polar surface area (TPSA) is 9.23 Å². The first kappa shape index (κ1) is 9.85. The van der Waals surface area contributed by atoms with E-state index in [1.165, 1.54) is 7.11 Å². The summed E-state index contributed by atoms with van der Waals surface area (Å²) in [6.45, 7) is 0.0968. The highest BCUT2D eigenvalue weighted by molar-refractivity contribution is 14.1. The molecule has 0 saturated heterocycles. The molecule has 0 bridgehead atoms. The first-order valence-corrected chi connectivity index (χ1v) is 4.35. The van der Waals surface area contributed by atoms with Crippen molar-refractivity contribution >= 4 is 22.6 Å². The molecule has 0 fully saturated rings. The summed E-state index contributed by atoms with van der Waals surface area (Å²) in [6, 6.07) is 2.71. The molecule has 1 nitrogen and oxygen atoms in total. The third-order valence-electron chi connectivity index (χ3n) is 1.37. The largest absolute Gasteiger partial charge is 0.380 e. The Morgan fingerprint density at radius 2 is 2.08 bits per heavy atom. The van der Waals surface area contributed by atoms with E-state index in [2.05, 4.69) is 0 Å². The Morgan fingerprint density at radius 3 is 2.67 bits per heavy atom. The Kier molecular flexibility index (Phi) is 3.39. The SMILES string of the molecule is COCc1cc(I)cc(F)c1F. The summed E-state index contributed by atoms with van der Waals surface area (Å²) in [5.41, 5.74) is 0.252. The molecule has 0 radical (unpaired) electrons. The molecule has 0 aromatic heterocycles. The van der Waals surface area contributed by atoms with Crippen LogP contribution in [0.5, 0.6) is 0 Å². The molecule has 1 aromatic carbocycles. The number of benzene rings is 1. The molecular weight excluding hydrogens is 277 g/mol. The van der Waals surface area contributed by atoms with E-state index in [0.717, 1.165) is 6.07 Å². The Labute approximate surface area is 82.9 Å². The maximum absolute atomic E-state index is 12.9. The average Bonchev–Trinajstić information content (AvgIpc) is 2.00. The molecule has 0 unspecified atom stereocenters. The highest BCUT2D eigenvalue weighted by Gasteiger charge is 2.08. The minimum absolute atomic E-state index is 0.0968. The highest BCUT2D eigenvalue weighted by Crippen LogP contribution is 2.16. The van der Waals surface area contributed by atoms with E-state index in [-0.39, 0.29) is 12.2 Å². The molecular formula is C8H7F2IO. The molecule has 0 amide bonds. The van der Waals surface area contributed by atoms with E-state index >= 15 is 0 Å². The highest BCUT2D eigenvalue weighted by atomic mass is 127. The Hall–Kier alpha value is -0.230. The van der Waals surface area contributed by atoms with Gasteiger partial charge in [-0.15, -0.1) is 0 Å². The molecule has 66 valence electrons. The molecule has 0 atom stereocenters. The van der Waals surface area contributed by atoms with Gasteiger partial charge in [0.05, 0.1) is 6.61 Å². The van der Waals surface area contributed by atoms with Crippen molar-refractivity contribution in [3.05, 3.63) is 32.9 Å². The number of ether oxygens (including phenoxy) is 1. The second kappa shape index (κ2) is 4.13. The lowest BCUT2D eigenvalue weighted by atomic mass is 10.2. The molecule has 0 spiro atoms. The lowest BCUT2D eigenvalue weighted by Crippen LogP contribution is -1.97. The van der Waals surface area contributed by atoms with Crippen LogP contribution >= 0.6 is 22.6 Å². The molecule has 12 heavy (non-hydrogen) atoms. The quantitative estimate of drug-likeness (QED) is 0.599. The predicted molar refractivity (Wildman–Crippen MR) is 49.8 cm³/mol. The summed E-state index contributed by atoms with van der Waals surface area (Å²) < 4.78 is 31.0. The summed E-state index contributed by atoms with van der Waals surface area (Å²) in [5.74, 6) is -1.65. The molecule has 0 N–H and O–H groups in total. The first-order chi connectivity index (χ1) is 5.65. The molecule has 1 rings (SSSR count). The number of rotatable bonds is 2. The summed E-state index contributed by atoms with van der Waals surface area (Å²) in [5, 5.41) is 0. The Morgan fingerprint density at radius 1 is 1.42 bits per heavy atom. The van der Waals surface area contributed by atoms with E-state index in [0.29, 0.717) is 3.57 Å². The third-order valence-corrected chi connectivity index (χ3v) is 1.99. The van der Waals surface area contributed by atoms with E-state index in [9.17, 15) is 8.78 Å². The summed E-state index contributed by atoms with van der Waals surface area (Å²) in [6.07, 6.45) is 0. The number of hydrogen-bond donors (Lipinski definition) is 0. The third kappa shape index (κ3) is 2.13. The number of halogens is 3. The molecule has 1 aromatic rings. The first-order valence-electron chi connectivity index (χ1n) is 3.27. The van der Waals surface area contributed by atoms with Crippen molar-refractivity contribution in [1.29, 1.82) is 0 Å². The standard InChI is InChI=1S/C8H7F2IO/c1-12-4-5-2-6(11)3-7(9)8(5)10/h2-3H,4H2,1H3. The second-order valence-corrected chi connectivity index (χ2v) is 3.54. The fraction of sp³-hybridized carbons (Fsp3) is 0.250. The minimum atomic E-state index is -0.825. The Balaban J connectivity index is 3.09. The molecule has 0 aliphatic carbocycles. The summed E-state index contributed by atoms with van der Waals surface area (Å²) >= 11 is 1.93. The van der Waals surface area contributed by atoms with Crippen LogP contribution in [0.25, 0.3) is 0 Å². The smallest absolute Gasteiger partial charge is 0.164 e. The van der Waals surface area contributed by atoms with Crippen LogP contribution < -0.4 is 0 Å². The average molecular weight is 284 g/mol. The van der Waals surface area contributed by atoms with Crippen LogP contribution in [-0.2, 0) is 11.3 Å². The van der Waals surface area contributed by atoms with Crippen LogP contribution in [0.15, 0.2) is 12.1 Å². The lowest BCUT2D eigenvalue weighted by Gasteiger charge is -2.03. The number of methoxy groups -OCH3 is 1. The predicted octanol–water partition coefficient (Wildman–Crippen LogP) is 2.72. The normalized spacial score (nSPS) is 10.3. The van der Waals surface area contributed by atoms with Gasteiger partial charge in [-0.2, -0.15) is 0 Å². The van der Waals surface area contributed by atoms with Crippen molar-refractivity contribution in [3.8, 4) is 0 Å². The van der Waals surface area contributed by atoms with Gasteiger partial charge in [0, 0.05) is 16.2 Å². The van der Waals surface area contributed by atoms with Crippen molar-refractivity contribution in [2.45, 2.75) is 6.61 Å². The van der Waals surface area contributed by atoms with Gasteiger partial charge in [-0.25, -0.2) is 8.78 Å². The maximum Gasteiger partial charge on any atom is 0.164 e. The van der Waals surface area contributed by atoms with Crippen molar-refractivity contribution in [1.82, 2.24) is 0 Å². The summed E-state index contributed by atoms with van der Waals surface area (Å²) in [7, 11) is 1.44. The van der Waals surface area contributed by atoms with Gasteiger partial charge in [0.1, 0.15) is 0 Å². The van der Waals surface area contributed by atoms with Gasteiger partial charge in [0.15, 0.2) is 11.6 Å². The van der Waals surface area contributed by atoms with Crippen LogP contribution in [0.3, 0.4) is 0 Å². The van der Waals surface area contributed by atoms with E-state index < -0.39 is 11.6 Å². The molecule has 0 heterocycles. The van der Waals surface area contributed by atoms with E-state index in [1.54, 1.807) is 6.07 Å². The summed E-state index contributed by atoms with van der Waals surface area (Å²) in [4.78, 5) is 0. The van der Waals surface area contributed by atoms with Crippen LogP contribution in [0, 0.1) is 15.2 Å². The van der Waals surface area contributed by atoms with Gasteiger partial charge < -0.3 is 4.74 Å². The van der Waals surface area contributed by atoms with Crippen LogP contribution in [0.4, 0.5) is 8.78 Å². The van der Waals surface area contributed by atoms with Gasteiger partial charge in [0.2, 0.25) is 0 Å². The van der Waals surface area contributed by atoms with Crippen LogP contribution in [-0.4, -0.2) is 7.11 Å². The van der Waals surface area contributed by atoms with Gasteiger partial charge >= 0.3 is 0 Å². The lowest BCUT2D eigenvalue weighted by molar-refractivity contribution is 0.180. The van der Waals surface area contributed by atoms with Crippen molar-refractivity contribution in [3.63, 3.8) is 0 Å². The van der Waals surface area contributed by atoms with Crippen molar-refractivity contribution < 1.29 is 13.5 Å². The fourth-order valence-corrected chi connectivity index (χ4v) is 1.52. The van der Waals surface area contributed by atoms with Crippen molar-refractivity contribution in [2.24, 2.45) is 0 Å². The van der Waals surface area contributed by atoms with Gasteiger partial charge in [-0.3, -0.25) is 0 Å². The zero-order valence-corrected chi connectivity index (χ0v) is 8.56. The minimum Gasteiger partial charge on any atom is -0.380 e. The second-order valence-electron chi connectivity index (χ2n) is 2.29. The maximum atomic E-state index is 12.9. The van der Waals surface area contributed by atoms with Gasteiger partial charge in [-0.05, 0) is 34.7 Å². The van der Waals surface area contributed by atoms with Gasteiger partial charge in [-0.1, -0.05) is 0 Å². The Bertz CT molecular complexity index is 289. The zero-order chi connectivity index (χ0) is 9.14. The molecule has 0 saturated carbocycles. The zero-order valence-electron chi connectivity index (χ0n) is 6.40. The molecule has 4 heteroatoms. The van der Waals surface area contributed by atoms with E-state index in [4.69, 9.17) is 4.74 Å². The van der Waals surface area contributed by atoms with Crippen molar-refractivity contribution in [2.75, 3.05) is 7.11 Å². The van der Waals surface area contributed by atoms with E-state index in [1.807, 2.05) is 22.6 Å². The number of hydrogen-bond acceptors (Lipinski definition) is 1. The monoisotopic (exact) mass is 284 g/mol. The van der Waals surface area contributed by atoms with Gasteiger partial charge in [0.25, 0.3) is 0 Å². The van der Waals surface area contributed by atoms with Crippen LogP contribution in [0.2, 0.25) is 0 Å². The molecule has 0 aliphatic rings.